The predicted octanol–water partition coefficient (Wildman–Crippen LogP) is 0.631. The van der Waals surface area contributed by atoms with Gasteiger partial charge in [0.2, 0.25) is 0 Å². The Labute approximate surface area is 114 Å². The smallest absolute Gasteiger partial charge is 0.326 e. The molecule has 2 aromatic heterocycles. The van der Waals surface area contributed by atoms with Crippen LogP contribution in [0.5, 0.6) is 0 Å². The summed E-state index contributed by atoms with van der Waals surface area (Å²) in [6, 6.07) is 0.952. The van der Waals surface area contributed by atoms with E-state index in [4.69, 9.17) is 5.11 Å². The van der Waals surface area contributed by atoms with Gasteiger partial charge in [0.05, 0.1) is 6.20 Å². The SMILES string of the molecule is Cc1ccn2ncc(C(=O)NC(C(=O)O)C3CC3)c2n1. The van der Waals surface area contributed by atoms with E-state index in [1.165, 1.54) is 10.7 Å². The molecule has 7 heteroatoms. The van der Waals surface area contributed by atoms with Crippen molar-refractivity contribution in [3.05, 3.63) is 29.7 Å². The summed E-state index contributed by atoms with van der Waals surface area (Å²) in [6.07, 6.45) is 4.79. The maximum Gasteiger partial charge on any atom is 0.326 e. The molecule has 0 spiro atoms. The first kappa shape index (κ1) is 12.6. The largest absolute Gasteiger partial charge is 0.480 e. The van der Waals surface area contributed by atoms with Crippen LogP contribution >= 0.6 is 0 Å². The number of rotatable bonds is 4. The lowest BCUT2D eigenvalue weighted by Gasteiger charge is -2.12. The number of aromatic nitrogens is 3. The van der Waals surface area contributed by atoms with E-state index in [9.17, 15) is 9.59 Å². The van der Waals surface area contributed by atoms with E-state index in [1.54, 1.807) is 12.3 Å². The Kier molecular flexibility index (Phi) is 2.89. The molecule has 1 saturated carbocycles. The van der Waals surface area contributed by atoms with Crippen LogP contribution in [-0.2, 0) is 4.79 Å². The van der Waals surface area contributed by atoms with Crippen LogP contribution in [0, 0.1) is 12.8 Å². The number of aliphatic carboxylic acids is 1. The molecular weight excluding hydrogens is 260 g/mol. The highest BCUT2D eigenvalue weighted by atomic mass is 16.4. The molecule has 2 heterocycles. The van der Waals surface area contributed by atoms with Gasteiger partial charge < -0.3 is 10.4 Å². The van der Waals surface area contributed by atoms with Crippen molar-refractivity contribution in [2.75, 3.05) is 0 Å². The van der Waals surface area contributed by atoms with Gasteiger partial charge in [-0.05, 0) is 31.7 Å². The maximum atomic E-state index is 12.2. The van der Waals surface area contributed by atoms with Gasteiger partial charge in [-0.3, -0.25) is 4.79 Å². The summed E-state index contributed by atoms with van der Waals surface area (Å²) in [5, 5.41) is 15.7. The van der Waals surface area contributed by atoms with Crippen molar-refractivity contribution < 1.29 is 14.7 Å². The first-order chi connectivity index (χ1) is 9.56. The maximum absolute atomic E-state index is 12.2. The van der Waals surface area contributed by atoms with Crippen LogP contribution in [0.4, 0.5) is 0 Å². The normalized spacial score (nSPS) is 16.1. The van der Waals surface area contributed by atoms with Gasteiger partial charge in [0.15, 0.2) is 5.65 Å². The van der Waals surface area contributed by atoms with Crippen molar-refractivity contribution in [3.63, 3.8) is 0 Å². The van der Waals surface area contributed by atoms with Crippen molar-refractivity contribution in [1.82, 2.24) is 19.9 Å². The van der Waals surface area contributed by atoms with E-state index >= 15 is 0 Å². The minimum atomic E-state index is -0.999. The molecule has 1 atom stereocenters. The monoisotopic (exact) mass is 274 g/mol. The third-order valence-corrected chi connectivity index (χ3v) is 3.40. The lowest BCUT2D eigenvalue weighted by molar-refractivity contribution is -0.139. The van der Waals surface area contributed by atoms with Crippen molar-refractivity contribution in [2.45, 2.75) is 25.8 Å². The van der Waals surface area contributed by atoms with Crippen LogP contribution < -0.4 is 5.32 Å². The summed E-state index contributed by atoms with van der Waals surface area (Å²) in [7, 11) is 0. The van der Waals surface area contributed by atoms with Crippen molar-refractivity contribution in [2.24, 2.45) is 5.92 Å². The second kappa shape index (κ2) is 4.59. The van der Waals surface area contributed by atoms with E-state index in [-0.39, 0.29) is 5.92 Å². The fourth-order valence-electron chi connectivity index (χ4n) is 2.15. The van der Waals surface area contributed by atoms with Crippen LogP contribution in [-0.4, -0.2) is 37.6 Å². The van der Waals surface area contributed by atoms with Crippen LogP contribution in [0.3, 0.4) is 0 Å². The quantitative estimate of drug-likeness (QED) is 0.852. The first-order valence-electron chi connectivity index (χ1n) is 6.41. The standard InChI is InChI=1S/C13H14N4O3/c1-7-4-5-17-11(15-7)9(6-14-17)12(18)16-10(13(19)20)8-2-3-8/h4-6,8,10H,2-3H2,1H3,(H,16,18)(H,19,20). The third-order valence-electron chi connectivity index (χ3n) is 3.40. The molecule has 1 unspecified atom stereocenters. The third kappa shape index (κ3) is 2.22. The van der Waals surface area contributed by atoms with Crippen LogP contribution in [0.2, 0.25) is 0 Å². The van der Waals surface area contributed by atoms with Crippen LogP contribution in [0.25, 0.3) is 5.65 Å². The number of fused-ring (bicyclic) bond motifs is 1. The van der Waals surface area contributed by atoms with Gasteiger partial charge in [0, 0.05) is 11.9 Å². The zero-order valence-corrected chi connectivity index (χ0v) is 10.9. The lowest BCUT2D eigenvalue weighted by Crippen LogP contribution is -2.42. The Morgan fingerprint density at radius 2 is 2.25 bits per heavy atom. The summed E-state index contributed by atoms with van der Waals surface area (Å²) in [5.74, 6) is -1.41. The summed E-state index contributed by atoms with van der Waals surface area (Å²) < 4.78 is 1.49. The number of carboxylic acid groups (broad SMARTS) is 1. The Morgan fingerprint density at radius 1 is 1.50 bits per heavy atom. The van der Waals surface area contributed by atoms with Gasteiger partial charge in [-0.15, -0.1) is 0 Å². The molecule has 1 fully saturated rings. The number of hydrogen-bond donors (Lipinski definition) is 2. The topological polar surface area (TPSA) is 96.6 Å². The van der Waals surface area contributed by atoms with Crippen molar-refractivity contribution in [3.8, 4) is 0 Å². The molecule has 1 amide bonds. The average Bonchev–Trinajstić information content (AvgIpc) is 3.15. The molecule has 0 aromatic carbocycles. The Morgan fingerprint density at radius 3 is 2.90 bits per heavy atom. The fraction of sp³-hybridized carbons (Fsp3) is 0.385. The Balaban J connectivity index is 1.88. The number of hydrogen-bond acceptors (Lipinski definition) is 4. The van der Waals surface area contributed by atoms with Gasteiger partial charge in [0.25, 0.3) is 5.91 Å². The predicted molar refractivity (Wildman–Crippen MR) is 69.3 cm³/mol. The van der Waals surface area contributed by atoms with Gasteiger partial charge in [0.1, 0.15) is 11.6 Å². The molecule has 104 valence electrons. The Hall–Kier alpha value is -2.44. The number of carboxylic acids is 1. The van der Waals surface area contributed by atoms with Crippen molar-refractivity contribution in [1.29, 1.82) is 0 Å². The van der Waals surface area contributed by atoms with Gasteiger partial charge in [-0.1, -0.05) is 0 Å². The molecular formula is C13H14N4O3. The molecule has 7 nitrogen and oxygen atoms in total. The molecule has 0 bridgehead atoms. The second-order valence-electron chi connectivity index (χ2n) is 5.02. The average molecular weight is 274 g/mol. The zero-order chi connectivity index (χ0) is 14.3. The number of carbonyl (C=O) groups is 2. The molecule has 0 radical (unpaired) electrons. The van der Waals surface area contributed by atoms with Crippen molar-refractivity contribution >= 4 is 17.5 Å². The number of nitrogens with zero attached hydrogens (tertiary/aromatic N) is 3. The first-order valence-corrected chi connectivity index (χ1v) is 6.41. The van der Waals surface area contributed by atoms with Gasteiger partial charge in [-0.25, -0.2) is 14.3 Å². The highest BCUT2D eigenvalue weighted by Crippen LogP contribution is 2.32. The zero-order valence-electron chi connectivity index (χ0n) is 10.9. The molecule has 1 aliphatic carbocycles. The summed E-state index contributed by atoms with van der Waals surface area (Å²) in [4.78, 5) is 27.6. The minimum absolute atomic E-state index is 0.0352. The Bertz CT molecular complexity index is 690. The molecule has 0 aliphatic heterocycles. The summed E-state index contributed by atoms with van der Waals surface area (Å²) >= 11 is 0. The number of nitrogens with one attached hydrogen (secondary N) is 1. The highest BCUT2D eigenvalue weighted by molar-refractivity contribution is 6.01. The summed E-state index contributed by atoms with van der Waals surface area (Å²) in [6.45, 7) is 1.82. The number of carbonyl (C=O) groups excluding carboxylic acids is 1. The molecule has 20 heavy (non-hydrogen) atoms. The van der Waals surface area contributed by atoms with E-state index in [0.717, 1.165) is 18.5 Å². The second-order valence-corrected chi connectivity index (χ2v) is 5.02. The van der Waals surface area contributed by atoms with Crippen LogP contribution in [0.15, 0.2) is 18.5 Å². The number of amides is 1. The minimum Gasteiger partial charge on any atom is -0.480 e. The van der Waals surface area contributed by atoms with Gasteiger partial charge in [-0.2, -0.15) is 5.10 Å². The van der Waals surface area contributed by atoms with E-state index in [2.05, 4.69) is 15.4 Å². The van der Waals surface area contributed by atoms with E-state index in [1.807, 2.05) is 6.92 Å². The molecule has 2 N–H and O–H groups in total. The van der Waals surface area contributed by atoms with Gasteiger partial charge >= 0.3 is 5.97 Å². The fourth-order valence-corrected chi connectivity index (χ4v) is 2.15. The number of aryl methyl sites for hydroxylation is 1. The van der Waals surface area contributed by atoms with E-state index in [0.29, 0.717) is 11.2 Å². The highest BCUT2D eigenvalue weighted by Gasteiger charge is 2.37. The van der Waals surface area contributed by atoms with E-state index < -0.39 is 17.9 Å². The van der Waals surface area contributed by atoms with Crippen LogP contribution in [0.1, 0.15) is 28.9 Å². The molecule has 1 aliphatic rings. The molecule has 2 aromatic rings. The molecule has 0 saturated heterocycles. The lowest BCUT2D eigenvalue weighted by atomic mass is 10.1. The molecule has 3 rings (SSSR count). The summed E-state index contributed by atoms with van der Waals surface area (Å²) in [5.41, 5.74) is 1.49.